The number of benzene rings is 2. The number of para-hydroxylation sites is 1. The zero-order valence-corrected chi connectivity index (χ0v) is 13.4. The fraction of sp³-hybridized carbons (Fsp3) is 0.294. The van der Waals surface area contributed by atoms with Crippen LogP contribution in [0.2, 0.25) is 0 Å². The van der Waals surface area contributed by atoms with Crippen molar-refractivity contribution in [3.63, 3.8) is 0 Å². The van der Waals surface area contributed by atoms with E-state index >= 15 is 0 Å². The lowest BCUT2D eigenvalue weighted by Crippen LogP contribution is -2.35. The summed E-state index contributed by atoms with van der Waals surface area (Å²) in [4.78, 5) is 2.39. The molecule has 4 heteroatoms. The second kappa shape index (κ2) is 6.60. The standard InChI is InChI=1S/C17H19BrN2O/c18-15-7-3-2-6-14(15)16(11-19)20-9-10-21-17-8-4-1-5-13(17)12-20/h1-8,16H,9-12,19H2. The van der Waals surface area contributed by atoms with E-state index in [9.17, 15) is 0 Å². The monoisotopic (exact) mass is 346 g/mol. The number of halogens is 1. The molecule has 2 aromatic rings. The largest absolute Gasteiger partial charge is 0.492 e. The van der Waals surface area contributed by atoms with Gasteiger partial charge in [-0.05, 0) is 17.7 Å². The Bertz CT molecular complexity index is 617. The highest BCUT2D eigenvalue weighted by atomic mass is 79.9. The number of fused-ring (bicyclic) bond motifs is 1. The highest BCUT2D eigenvalue weighted by molar-refractivity contribution is 9.10. The van der Waals surface area contributed by atoms with Crippen molar-refractivity contribution in [3.05, 3.63) is 64.1 Å². The van der Waals surface area contributed by atoms with Gasteiger partial charge in [-0.25, -0.2) is 0 Å². The molecule has 1 unspecified atom stereocenters. The van der Waals surface area contributed by atoms with Crippen molar-refractivity contribution in [2.24, 2.45) is 5.73 Å². The second-order valence-corrected chi connectivity index (χ2v) is 6.05. The van der Waals surface area contributed by atoms with Crippen molar-refractivity contribution < 1.29 is 4.74 Å². The van der Waals surface area contributed by atoms with Crippen molar-refractivity contribution in [3.8, 4) is 5.75 Å². The predicted octanol–water partition coefficient (Wildman–Crippen LogP) is 3.34. The fourth-order valence-electron chi connectivity index (χ4n) is 2.83. The van der Waals surface area contributed by atoms with Gasteiger partial charge >= 0.3 is 0 Å². The molecule has 0 fully saturated rings. The zero-order valence-electron chi connectivity index (χ0n) is 11.8. The highest BCUT2D eigenvalue weighted by Crippen LogP contribution is 2.31. The molecule has 3 nitrogen and oxygen atoms in total. The number of nitrogens with two attached hydrogens (primary N) is 1. The summed E-state index contributed by atoms with van der Waals surface area (Å²) < 4.78 is 6.96. The first-order valence-electron chi connectivity index (χ1n) is 7.19. The number of ether oxygens (including phenoxy) is 1. The van der Waals surface area contributed by atoms with Crippen LogP contribution in [0.3, 0.4) is 0 Å². The summed E-state index contributed by atoms with van der Waals surface area (Å²) in [5, 5.41) is 0. The Balaban J connectivity index is 1.90. The molecule has 110 valence electrons. The smallest absolute Gasteiger partial charge is 0.123 e. The molecule has 1 heterocycles. The molecule has 21 heavy (non-hydrogen) atoms. The lowest BCUT2D eigenvalue weighted by atomic mass is 10.0. The van der Waals surface area contributed by atoms with E-state index in [2.05, 4.69) is 51.2 Å². The first-order chi connectivity index (χ1) is 10.3. The van der Waals surface area contributed by atoms with E-state index in [0.717, 1.165) is 23.3 Å². The third-order valence-corrected chi connectivity index (χ3v) is 4.63. The zero-order chi connectivity index (χ0) is 14.7. The average Bonchev–Trinajstić information content (AvgIpc) is 2.72. The molecule has 0 saturated heterocycles. The van der Waals surface area contributed by atoms with Gasteiger partial charge < -0.3 is 10.5 Å². The van der Waals surface area contributed by atoms with Crippen molar-refractivity contribution in [2.75, 3.05) is 19.7 Å². The maximum absolute atomic E-state index is 6.07. The quantitative estimate of drug-likeness (QED) is 0.926. The second-order valence-electron chi connectivity index (χ2n) is 5.20. The molecule has 0 saturated carbocycles. The van der Waals surface area contributed by atoms with Gasteiger partial charge in [-0.3, -0.25) is 4.90 Å². The maximum atomic E-state index is 6.07. The molecule has 0 amide bonds. The van der Waals surface area contributed by atoms with Crippen molar-refractivity contribution in [2.45, 2.75) is 12.6 Å². The molecular weight excluding hydrogens is 328 g/mol. The summed E-state index contributed by atoms with van der Waals surface area (Å²) in [5.74, 6) is 0.989. The van der Waals surface area contributed by atoms with Gasteiger partial charge in [-0.1, -0.05) is 52.3 Å². The lowest BCUT2D eigenvalue weighted by molar-refractivity contribution is 0.172. The van der Waals surface area contributed by atoms with E-state index < -0.39 is 0 Å². The van der Waals surface area contributed by atoms with Gasteiger partial charge in [0.15, 0.2) is 0 Å². The van der Waals surface area contributed by atoms with Crippen LogP contribution in [0.15, 0.2) is 53.0 Å². The minimum absolute atomic E-state index is 0.190. The van der Waals surface area contributed by atoms with E-state index in [0.29, 0.717) is 13.2 Å². The fourth-order valence-corrected chi connectivity index (χ4v) is 3.38. The summed E-state index contributed by atoms with van der Waals surface area (Å²) in [6.45, 7) is 3.01. The third kappa shape index (κ3) is 3.12. The van der Waals surface area contributed by atoms with Crippen LogP contribution in [0.5, 0.6) is 5.75 Å². The Morgan fingerprint density at radius 3 is 2.71 bits per heavy atom. The van der Waals surface area contributed by atoms with Crippen molar-refractivity contribution >= 4 is 15.9 Å². The molecule has 2 aromatic carbocycles. The van der Waals surface area contributed by atoms with Gasteiger partial charge in [0.25, 0.3) is 0 Å². The van der Waals surface area contributed by atoms with Gasteiger partial charge in [-0.2, -0.15) is 0 Å². The highest BCUT2D eigenvalue weighted by Gasteiger charge is 2.24. The molecule has 3 rings (SSSR count). The number of nitrogens with zero attached hydrogens (tertiary/aromatic N) is 1. The Kier molecular flexibility index (Phi) is 4.58. The normalized spacial score (nSPS) is 16.7. The molecule has 0 aromatic heterocycles. The van der Waals surface area contributed by atoms with Crippen LogP contribution in [-0.2, 0) is 6.54 Å². The molecule has 0 bridgehead atoms. The summed E-state index contributed by atoms with van der Waals surface area (Å²) >= 11 is 3.64. The van der Waals surface area contributed by atoms with Gasteiger partial charge in [0.1, 0.15) is 12.4 Å². The molecule has 2 N–H and O–H groups in total. The first-order valence-corrected chi connectivity index (χ1v) is 7.98. The Morgan fingerprint density at radius 2 is 1.90 bits per heavy atom. The minimum atomic E-state index is 0.190. The summed E-state index contributed by atoms with van der Waals surface area (Å²) in [6.07, 6.45) is 0. The van der Waals surface area contributed by atoms with E-state index in [1.165, 1.54) is 11.1 Å². The van der Waals surface area contributed by atoms with Gasteiger partial charge in [0.2, 0.25) is 0 Å². The summed E-state index contributed by atoms with van der Waals surface area (Å²) in [5.41, 5.74) is 8.53. The van der Waals surface area contributed by atoms with E-state index in [1.807, 2.05) is 18.2 Å². The first kappa shape index (κ1) is 14.6. The summed E-state index contributed by atoms with van der Waals surface area (Å²) in [7, 11) is 0. The average molecular weight is 347 g/mol. The topological polar surface area (TPSA) is 38.5 Å². The van der Waals surface area contributed by atoms with E-state index in [-0.39, 0.29) is 6.04 Å². The van der Waals surface area contributed by atoms with E-state index in [1.54, 1.807) is 0 Å². The number of rotatable bonds is 3. The van der Waals surface area contributed by atoms with Crippen LogP contribution in [-0.4, -0.2) is 24.6 Å². The number of hydrogen-bond donors (Lipinski definition) is 1. The van der Waals surface area contributed by atoms with Gasteiger partial charge in [0.05, 0.1) is 0 Å². The SMILES string of the molecule is NCC(c1ccccc1Br)N1CCOc2ccccc2C1. The predicted molar refractivity (Wildman–Crippen MR) is 88.3 cm³/mol. The molecule has 1 aliphatic rings. The Morgan fingerprint density at radius 1 is 1.14 bits per heavy atom. The molecular formula is C17H19BrN2O. The lowest BCUT2D eigenvalue weighted by Gasteiger charge is -2.30. The van der Waals surface area contributed by atoms with E-state index in [4.69, 9.17) is 10.5 Å². The van der Waals surface area contributed by atoms with Crippen molar-refractivity contribution in [1.82, 2.24) is 4.90 Å². The Hall–Kier alpha value is -1.36. The van der Waals surface area contributed by atoms with Gasteiger partial charge in [0, 0.05) is 35.7 Å². The molecule has 0 aliphatic carbocycles. The van der Waals surface area contributed by atoms with Crippen LogP contribution >= 0.6 is 15.9 Å². The molecule has 1 atom stereocenters. The molecule has 0 spiro atoms. The summed E-state index contributed by atoms with van der Waals surface area (Å²) in [6, 6.07) is 16.7. The number of hydrogen-bond acceptors (Lipinski definition) is 3. The minimum Gasteiger partial charge on any atom is -0.492 e. The van der Waals surface area contributed by atoms with Crippen LogP contribution in [0.25, 0.3) is 0 Å². The third-order valence-electron chi connectivity index (χ3n) is 3.91. The molecule has 1 aliphatic heterocycles. The van der Waals surface area contributed by atoms with Crippen molar-refractivity contribution in [1.29, 1.82) is 0 Å². The van der Waals surface area contributed by atoms with Crippen LogP contribution < -0.4 is 10.5 Å². The Labute approximate surface area is 133 Å². The van der Waals surface area contributed by atoms with Gasteiger partial charge in [-0.15, -0.1) is 0 Å². The van der Waals surface area contributed by atoms with Crippen LogP contribution in [0, 0.1) is 0 Å². The van der Waals surface area contributed by atoms with Crippen LogP contribution in [0.1, 0.15) is 17.2 Å². The molecule has 0 radical (unpaired) electrons. The van der Waals surface area contributed by atoms with Crippen LogP contribution in [0.4, 0.5) is 0 Å². The maximum Gasteiger partial charge on any atom is 0.123 e.